The lowest BCUT2D eigenvalue weighted by molar-refractivity contribution is -0.118. The number of pyridine rings is 1. The van der Waals surface area contributed by atoms with Gasteiger partial charge in [-0.3, -0.25) is 14.6 Å². The molecule has 0 saturated carbocycles. The van der Waals surface area contributed by atoms with Crippen LogP contribution in [0.25, 0.3) is 22.0 Å². The number of halogens is 3. The molecule has 0 unspecified atom stereocenters. The van der Waals surface area contributed by atoms with Crippen LogP contribution in [0.3, 0.4) is 0 Å². The average Bonchev–Trinajstić information content (AvgIpc) is 3.27. The quantitative estimate of drug-likeness (QED) is 0.163. The zero-order valence-corrected chi connectivity index (χ0v) is 21.6. The second kappa shape index (κ2) is 11.1. The van der Waals surface area contributed by atoms with E-state index in [1.165, 1.54) is 19.1 Å². The van der Waals surface area contributed by atoms with Crippen molar-refractivity contribution >= 4 is 39.9 Å². The molecule has 0 atom stereocenters. The molecule has 0 N–H and O–H groups in total. The lowest BCUT2D eigenvalue weighted by Crippen LogP contribution is -2.15. The van der Waals surface area contributed by atoms with Crippen LogP contribution in [0.2, 0.25) is 5.02 Å². The first kappa shape index (κ1) is 26.1. The number of para-hydroxylation sites is 1. The van der Waals surface area contributed by atoms with Crippen molar-refractivity contribution in [2.45, 2.75) is 19.9 Å². The first-order valence-electron chi connectivity index (χ1n) is 12.1. The Bertz CT molecular complexity index is 1720. The molecule has 0 aliphatic rings. The topological polar surface area (TPSA) is 64.3 Å². The molecule has 2 aromatic heterocycles. The van der Waals surface area contributed by atoms with Gasteiger partial charge in [0.15, 0.2) is 5.78 Å². The number of aromatic nitrogens is 2. The maximum absolute atomic E-state index is 14.0. The highest BCUT2D eigenvalue weighted by Crippen LogP contribution is 2.26. The number of Topliss-reactive ketones (excluding diaryl/α,β-unsaturated/α-hetero) is 1. The number of amides is 1. The van der Waals surface area contributed by atoms with E-state index in [0.717, 1.165) is 22.5 Å². The van der Waals surface area contributed by atoms with E-state index in [2.05, 4.69) is 9.98 Å². The predicted octanol–water partition coefficient (Wildman–Crippen LogP) is 7.10. The molecule has 39 heavy (non-hydrogen) atoms. The Kier molecular flexibility index (Phi) is 7.43. The van der Waals surface area contributed by atoms with Crippen molar-refractivity contribution in [3.05, 3.63) is 125 Å². The third-order valence-corrected chi connectivity index (χ3v) is 6.52. The van der Waals surface area contributed by atoms with E-state index in [9.17, 15) is 18.4 Å². The Labute approximate surface area is 228 Å². The lowest BCUT2D eigenvalue weighted by Gasteiger charge is -2.12. The van der Waals surface area contributed by atoms with E-state index < -0.39 is 17.5 Å². The number of hydrogen-bond donors (Lipinski definition) is 0. The van der Waals surface area contributed by atoms with Crippen LogP contribution in [-0.2, 0) is 17.8 Å². The van der Waals surface area contributed by atoms with Crippen LogP contribution < -0.4 is 0 Å². The van der Waals surface area contributed by atoms with Gasteiger partial charge < -0.3 is 4.57 Å². The van der Waals surface area contributed by atoms with E-state index in [1.807, 2.05) is 42.5 Å². The van der Waals surface area contributed by atoms with Crippen molar-refractivity contribution in [1.82, 2.24) is 9.55 Å². The molecule has 0 aliphatic carbocycles. The fourth-order valence-corrected chi connectivity index (χ4v) is 4.70. The molecule has 8 heteroatoms. The number of carbonyl (C=O) groups excluding carboxylic acids is 2. The molecule has 0 saturated heterocycles. The van der Waals surface area contributed by atoms with Crippen LogP contribution in [0.1, 0.15) is 28.5 Å². The molecule has 5 rings (SSSR count). The number of carbonyl (C=O) groups is 2. The van der Waals surface area contributed by atoms with Crippen LogP contribution in [0.15, 0.2) is 96.2 Å². The van der Waals surface area contributed by atoms with Gasteiger partial charge in [-0.15, -0.1) is 0 Å². The summed E-state index contributed by atoms with van der Waals surface area (Å²) < 4.78 is 29.7. The molecule has 5 aromatic rings. The van der Waals surface area contributed by atoms with Crippen LogP contribution in [0, 0.1) is 11.6 Å². The summed E-state index contributed by atoms with van der Waals surface area (Å²) in [5.74, 6) is -2.09. The SMILES string of the molecule is CC(=O)c1cn(CC(=O)N=C(Cc2cc(F)cc(F)c2)c2ncccc2-c2ccc(Cl)cc2)c2ccccc12. The summed E-state index contributed by atoms with van der Waals surface area (Å²) in [4.78, 5) is 34.4. The molecule has 194 valence electrons. The molecule has 1 amide bonds. The van der Waals surface area contributed by atoms with Crippen molar-refractivity contribution in [3.8, 4) is 11.1 Å². The summed E-state index contributed by atoms with van der Waals surface area (Å²) in [6.45, 7) is 1.33. The third kappa shape index (κ3) is 5.84. The first-order chi connectivity index (χ1) is 18.8. The predicted molar refractivity (Wildman–Crippen MR) is 148 cm³/mol. The molecule has 0 fully saturated rings. The monoisotopic (exact) mass is 541 g/mol. The summed E-state index contributed by atoms with van der Waals surface area (Å²) >= 11 is 6.07. The number of aliphatic imine (C=N–C) groups is 1. The van der Waals surface area contributed by atoms with Crippen LogP contribution >= 0.6 is 11.6 Å². The number of fused-ring (bicyclic) bond motifs is 1. The maximum Gasteiger partial charge on any atom is 0.265 e. The van der Waals surface area contributed by atoms with Gasteiger partial charge in [0.25, 0.3) is 5.91 Å². The van der Waals surface area contributed by atoms with Gasteiger partial charge in [-0.2, -0.15) is 0 Å². The number of nitrogens with zero attached hydrogens (tertiary/aromatic N) is 3. The van der Waals surface area contributed by atoms with E-state index in [1.54, 1.807) is 35.2 Å². The minimum atomic E-state index is -0.731. The highest BCUT2D eigenvalue weighted by Gasteiger charge is 2.18. The molecule has 5 nitrogen and oxygen atoms in total. The van der Waals surface area contributed by atoms with E-state index in [4.69, 9.17) is 11.6 Å². The largest absolute Gasteiger partial charge is 0.337 e. The second-order valence-corrected chi connectivity index (χ2v) is 9.49. The zero-order chi connectivity index (χ0) is 27.5. The fraction of sp³-hybridized carbons (Fsp3) is 0.0968. The number of rotatable bonds is 7. The first-order valence-corrected chi connectivity index (χ1v) is 12.5. The minimum absolute atomic E-state index is 0.0385. The molecule has 0 radical (unpaired) electrons. The fourth-order valence-electron chi connectivity index (χ4n) is 4.57. The minimum Gasteiger partial charge on any atom is -0.337 e. The zero-order valence-electron chi connectivity index (χ0n) is 20.9. The Morgan fingerprint density at radius 1 is 0.949 bits per heavy atom. The Morgan fingerprint density at radius 3 is 2.38 bits per heavy atom. The van der Waals surface area contributed by atoms with Crippen molar-refractivity contribution < 1.29 is 18.4 Å². The Balaban J connectivity index is 1.58. The third-order valence-electron chi connectivity index (χ3n) is 6.26. The molecule has 0 aliphatic heterocycles. The van der Waals surface area contributed by atoms with Crippen LogP contribution in [0.5, 0.6) is 0 Å². The smallest absolute Gasteiger partial charge is 0.265 e. The number of ketones is 1. The average molecular weight is 542 g/mol. The summed E-state index contributed by atoms with van der Waals surface area (Å²) in [6.07, 6.45) is 3.17. The van der Waals surface area contributed by atoms with Crippen molar-refractivity contribution in [3.63, 3.8) is 0 Å². The normalized spacial score (nSPS) is 11.6. The van der Waals surface area contributed by atoms with Gasteiger partial charge in [0.2, 0.25) is 0 Å². The van der Waals surface area contributed by atoms with Gasteiger partial charge in [-0.25, -0.2) is 13.8 Å². The van der Waals surface area contributed by atoms with Gasteiger partial charge in [-0.1, -0.05) is 48.0 Å². The van der Waals surface area contributed by atoms with Crippen LogP contribution in [0.4, 0.5) is 8.78 Å². The Morgan fingerprint density at radius 2 is 1.67 bits per heavy atom. The van der Waals surface area contributed by atoms with Crippen molar-refractivity contribution in [2.75, 3.05) is 0 Å². The van der Waals surface area contributed by atoms with E-state index >= 15 is 0 Å². The van der Waals surface area contributed by atoms with E-state index in [-0.39, 0.29) is 24.5 Å². The van der Waals surface area contributed by atoms with Gasteiger partial charge in [0.05, 0.1) is 11.4 Å². The highest BCUT2D eigenvalue weighted by atomic mass is 35.5. The summed E-state index contributed by atoms with van der Waals surface area (Å²) in [5, 5.41) is 1.30. The molecule has 3 aromatic carbocycles. The van der Waals surface area contributed by atoms with Gasteiger partial charge in [0.1, 0.15) is 18.2 Å². The molecular weight excluding hydrogens is 520 g/mol. The van der Waals surface area contributed by atoms with Gasteiger partial charge in [-0.05, 0) is 54.4 Å². The molecular formula is C31H22ClF2N3O2. The van der Waals surface area contributed by atoms with Crippen LogP contribution in [-0.4, -0.2) is 27.0 Å². The summed E-state index contributed by atoms with van der Waals surface area (Å²) in [5.41, 5.74) is 3.65. The lowest BCUT2D eigenvalue weighted by atomic mass is 9.97. The van der Waals surface area contributed by atoms with E-state index in [0.29, 0.717) is 27.4 Å². The van der Waals surface area contributed by atoms with Crippen molar-refractivity contribution in [1.29, 1.82) is 0 Å². The molecule has 0 spiro atoms. The number of benzene rings is 3. The summed E-state index contributed by atoms with van der Waals surface area (Å²) in [6, 6.07) is 21.2. The molecule has 2 heterocycles. The highest BCUT2D eigenvalue weighted by molar-refractivity contribution is 6.30. The van der Waals surface area contributed by atoms with Gasteiger partial charge >= 0.3 is 0 Å². The maximum atomic E-state index is 14.0. The molecule has 0 bridgehead atoms. The van der Waals surface area contributed by atoms with Gasteiger partial charge in [0, 0.05) is 51.9 Å². The number of hydrogen-bond acceptors (Lipinski definition) is 3. The summed E-state index contributed by atoms with van der Waals surface area (Å²) in [7, 11) is 0. The Hall–Kier alpha value is -4.49. The second-order valence-electron chi connectivity index (χ2n) is 9.06. The standard InChI is InChI=1S/C31H22ClF2N3O2/c1-19(38)27-17-37(29-7-3-2-5-26(27)29)18-30(39)36-28(15-20-13-23(33)16-24(34)14-20)31-25(6-4-12-35-31)21-8-10-22(32)11-9-21/h2-14,16-17H,15,18H2,1H3. The van der Waals surface area contributed by atoms with Crippen molar-refractivity contribution in [2.24, 2.45) is 4.99 Å².